The van der Waals surface area contributed by atoms with Crippen LogP contribution in [0.4, 0.5) is 4.39 Å². The Morgan fingerprint density at radius 3 is 1.85 bits per heavy atom. The minimum absolute atomic E-state index is 0.0185. The fourth-order valence-electron chi connectivity index (χ4n) is 2.89. The van der Waals surface area contributed by atoms with Crippen LogP contribution < -0.4 is 16.4 Å². The van der Waals surface area contributed by atoms with Crippen LogP contribution in [-0.2, 0) is 9.59 Å². The molecule has 5 N–H and O–H groups in total. The van der Waals surface area contributed by atoms with Gasteiger partial charge in [0.05, 0.1) is 5.92 Å². The molecule has 1 rings (SSSR count). The SMILES string of the molecule is C=C(C)/C(=C\C(F)=C/C)C(C)N/C(=C/C=C\N)C(C)C(=O)O.C=CC(C)=O.CC.CC.CC1(C)CCNCC1. The summed E-state index contributed by atoms with van der Waals surface area (Å²) in [6.07, 6.45) is 11.2. The lowest BCUT2D eigenvalue weighted by Gasteiger charge is -2.29. The molecular weight excluding hydrogens is 493 g/mol. The zero-order valence-electron chi connectivity index (χ0n) is 26.6. The zero-order valence-corrected chi connectivity index (χ0v) is 26.6. The van der Waals surface area contributed by atoms with Crippen LogP contribution in [0.3, 0.4) is 0 Å². The van der Waals surface area contributed by atoms with E-state index in [9.17, 15) is 14.0 Å². The molecule has 6 nitrogen and oxygen atoms in total. The molecule has 1 heterocycles. The van der Waals surface area contributed by atoms with Gasteiger partial charge < -0.3 is 21.5 Å². The molecule has 0 bridgehead atoms. The quantitative estimate of drug-likeness (QED) is 0.173. The van der Waals surface area contributed by atoms with Gasteiger partial charge in [-0.1, -0.05) is 66.3 Å². The molecule has 39 heavy (non-hydrogen) atoms. The molecule has 0 saturated carbocycles. The van der Waals surface area contributed by atoms with E-state index in [1.165, 1.54) is 57.3 Å². The predicted molar refractivity (Wildman–Crippen MR) is 168 cm³/mol. The molecule has 1 aliphatic rings. The van der Waals surface area contributed by atoms with Crippen LogP contribution in [0.1, 0.15) is 89.0 Å². The van der Waals surface area contributed by atoms with Gasteiger partial charge in [0.1, 0.15) is 5.83 Å². The highest BCUT2D eigenvalue weighted by Crippen LogP contribution is 2.25. The van der Waals surface area contributed by atoms with E-state index in [1.54, 1.807) is 32.9 Å². The maximum Gasteiger partial charge on any atom is 0.312 e. The Labute approximate surface area is 239 Å². The fraction of sp³-hybridized carbons (Fsp3) is 0.562. The van der Waals surface area contributed by atoms with Crippen molar-refractivity contribution in [2.24, 2.45) is 17.1 Å². The Hall–Kier alpha value is -2.93. The molecule has 0 aromatic carbocycles. The monoisotopic (exact) mass is 551 g/mol. The number of piperidine rings is 1. The number of ketones is 1. The molecule has 0 aromatic heterocycles. The summed E-state index contributed by atoms with van der Waals surface area (Å²) in [7, 11) is 0. The molecule has 1 saturated heterocycles. The van der Waals surface area contributed by atoms with Crippen molar-refractivity contribution in [2.75, 3.05) is 13.1 Å². The van der Waals surface area contributed by atoms with Gasteiger partial charge in [0, 0.05) is 11.7 Å². The van der Waals surface area contributed by atoms with Gasteiger partial charge in [0.15, 0.2) is 5.78 Å². The minimum Gasteiger partial charge on any atom is -0.481 e. The molecule has 226 valence electrons. The van der Waals surface area contributed by atoms with Crippen LogP contribution >= 0.6 is 0 Å². The molecule has 7 heteroatoms. The van der Waals surface area contributed by atoms with Crippen LogP contribution in [0.15, 0.2) is 72.4 Å². The summed E-state index contributed by atoms with van der Waals surface area (Å²) < 4.78 is 13.5. The number of carbonyl (C=O) groups excluding carboxylic acids is 1. The molecular formula is C32H58FN3O3. The first-order chi connectivity index (χ1) is 18.2. The first kappa shape index (κ1) is 43.1. The summed E-state index contributed by atoms with van der Waals surface area (Å²) in [6, 6.07) is -0.303. The number of rotatable bonds is 9. The van der Waals surface area contributed by atoms with Gasteiger partial charge in [0.2, 0.25) is 0 Å². The fourth-order valence-corrected chi connectivity index (χ4v) is 2.89. The molecule has 1 fully saturated rings. The predicted octanol–water partition coefficient (Wildman–Crippen LogP) is 7.63. The minimum atomic E-state index is -0.961. The number of hydrogen-bond acceptors (Lipinski definition) is 5. The summed E-state index contributed by atoms with van der Waals surface area (Å²) in [6.45, 7) is 30.4. The number of aliphatic carboxylic acids is 1. The smallest absolute Gasteiger partial charge is 0.312 e. The average Bonchev–Trinajstić information content (AvgIpc) is 2.91. The van der Waals surface area contributed by atoms with Crippen LogP contribution in [0.5, 0.6) is 0 Å². The Bertz CT molecular complexity index is 817. The zero-order chi connectivity index (χ0) is 31.6. The number of carboxylic acid groups (broad SMARTS) is 1. The van der Waals surface area contributed by atoms with Crippen molar-refractivity contribution in [1.29, 1.82) is 0 Å². The first-order valence-electron chi connectivity index (χ1n) is 13.8. The van der Waals surface area contributed by atoms with E-state index in [1.807, 2.05) is 34.6 Å². The van der Waals surface area contributed by atoms with Gasteiger partial charge in [-0.05, 0) is 102 Å². The lowest BCUT2D eigenvalue weighted by molar-refractivity contribution is -0.140. The lowest BCUT2D eigenvalue weighted by atomic mass is 9.83. The van der Waals surface area contributed by atoms with Crippen molar-refractivity contribution in [3.63, 3.8) is 0 Å². The Morgan fingerprint density at radius 1 is 1.10 bits per heavy atom. The second-order valence-corrected chi connectivity index (χ2v) is 9.22. The Morgan fingerprint density at radius 2 is 1.56 bits per heavy atom. The number of hydrogen-bond donors (Lipinski definition) is 4. The van der Waals surface area contributed by atoms with Crippen molar-refractivity contribution in [2.45, 2.75) is 95.0 Å². The number of nitrogens with two attached hydrogens (primary N) is 1. The van der Waals surface area contributed by atoms with Crippen LogP contribution in [0.25, 0.3) is 0 Å². The highest BCUT2D eigenvalue weighted by molar-refractivity contribution is 5.86. The molecule has 2 atom stereocenters. The number of allylic oxidation sites excluding steroid dienone is 6. The topological polar surface area (TPSA) is 104 Å². The van der Waals surface area contributed by atoms with Crippen LogP contribution in [0.2, 0.25) is 0 Å². The second kappa shape index (κ2) is 26.7. The van der Waals surface area contributed by atoms with Gasteiger partial charge >= 0.3 is 5.97 Å². The van der Waals surface area contributed by atoms with Gasteiger partial charge in [0.25, 0.3) is 0 Å². The summed E-state index contributed by atoms with van der Waals surface area (Å²) >= 11 is 0. The third kappa shape index (κ3) is 25.1. The van der Waals surface area contributed by atoms with Crippen molar-refractivity contribution in [3.05, 3.63) is 72.4 Å². The normalized spacial score (nSPS) is 16.2. The van der Waals surface area contributed by atoms with E-state index in [4.69, 9.17) is 10.8 Å². The average molecular weight is 552 g/mol. The third-order valence-corrected chi connectivity index (χ3v) is 5.38. The summed E-state index contributed by atoms with van der Waals surface area (Å²) in [5.41, 5.74) is 7.76. The standard InChI is InChI=1S/C17H25FN2O2.C7H15N.C4H6O.2C2H6/c1-6-14(18)10-15(11(2)3)13(5)20-16(8-7-9-19)12(4)17(21)22;1-7(2)3-5-8-6-4-7;1-3-4(2)5;2*1-2/h6-10,12-13,20H,2,19H2,1,3-5H3,(H,21,22);8H,3-6H2,1-2H3;3H,1H2,2H3;2*1-2H3/b9-7-,14-6+,15-10+,16-8+;;;;. The van der Waals surface area contributed by atoms with Gasteiger partial charge in [-0.15, -0.1) is 0 Å². The molecule has 0 spiro atoms. The maximum atomic E-state index is 13.5. The third-order valence-electron chi connectivity index (χ3n) is 5.38. The Balaban J connectivity index is -0.000000291. The Kier molecular flexibility index (Phi) is 29.5. The molecule has 1 aliphatic heterocycles. The molecule has 0 amide bonds. The van der Waals surface area contributed by atoms with Crippen LogP contribution in [-0.4, -0.2) is 36.0 Å². The van der Waals surface area contributed by atoms with E-state index in [2.05, 4.69) is 37.6 Å². The van der Waals surface area contributed by atoms with Gasteiger partial charge in [-0.25, -0.2) is 4.39 Å². The van der Waals surface area contributed by atoms with Crippen molar-refractivity contribution in [3.8, 4) is 0 Å². The van der Waals surface area contributed by atoms with Crippen molar-refractivity contribution >= 4 is 11.8 Å². The van der Waals surface area contributed by atoms with Crippen molar-refractivity contribution < 1.29 is 19.1 Å². The molecule has 2 unspecified atom stereocenters. The molecule has 0 aromatic rings. The second-order valence-electron chi connectivity index (χ2n) is 9.22. The van der Waals surface area contributed by atoms with E-state index in [-0.39, 0.29) is 17.7 Å². The number of carbonyl (C=O) groups is 2. The maximum absolute atomic E-state index is 13.5. The highest BCUT2D eigenvalue weighted by Gasteiger charge is 2.20. The number of carboxylic acids is 1. The lowest BCUT2D eigenvalue weighted by Crippen LogP contribution is -2.32. The van der Waals surface area contributed by atoms with Crippen molar-refractivity contribution in [1.82, 2.24) is 10.6 Å². The van der Waals surface area contributed by atoms with E-state index < -0.39 is 11.9 Å². The van der Waals surface area contributed by atoms with Crippen LogP contribution in [0, 0.1) is 11.3 Å². The largest absolute Gasteiger partial charge is 0.481 e. The highest BCUT2D eigenvalue weighted by atomic mass is 19.1. The summed E-state index contributed by atoms with van der Waals surface area (Å²) in [4.78, 5) is 20.9. The molecule has 0 aliphatic carbocycles. The first-order valence-corrected chi connectivity index (χ1v) is 13.8. The number of nitrogens with one attached hydrogen (secondary N) is 2. The summed E-state index contributed by atoms with van der Waals surface area (Å²) in [5, 5.41) is 15.6. The van der Waals surface area contributed by atoms with Gasteiger partial charge in [-0.3, -0.25) is 9.59 Å². The summed E-state index contributed by atoms with van der Waals surface area (Å²) in [5.74, 6) is -2.05. The van der Waals surface area contributed by atoms with Gasteiger partial charge in [-0.2, -0.15) is 0 Å². The van der Waals surface area contributed by atoms with E-state index in [0.717, 1.165) is 0 Å². The van der Waals surface area contributed by atoms with E-state index >= 15 is 0 Å². The van der Waals surface area contributed by atoms with E-state index in [0.29, 0.717) is 22.3 Å². The molecule has 0 radical (unpaired) electrons. The number of halogens is 1.